The maximum atomic E-state index is 11.5. The van der Waals surface area contributed by atoms with Gasteiger partial charge in [-0.25, -0.2) is 0 Å². The molecule has 0 aliphatic heterocycles. The number of amides is 1. The van der Waals surface area contributed by atoms with Gasteiger partial charge >= 0.3 is 0 Å². The molecule has 0 saturated heterocycles. The van der Waals surface area contributed by atoms with E-state index in [2.05, 4.69) is 48.6 Å². The molecule has 2 aromatic carbocycles. The van der Waals surface area contributed by atoms with Gasteiger partial charge in [-0.3, -0.25) is 4.79 Å². The van der Waals surface area contributed by atoms with E-state index < -0.39 is 0 Å². The Morgan fingerprint density at radius 1 is 1.05 bits per heavy atom. The van der Waals surface area contributed by atoms with Crippen molar-refractivity contribution in [2.75, 3.05) is 0 Å². The van der Waals surface area contributed by atoms with Gasteiger partial charge in [0.15, 0.2) is 0 Å². The molecule has 0 heterocycles. The molecule has 0 fully saturated rings. The second-order valence-electron chi connectivity index (χ2n) is 5.71. The highest BCUT2D eigenvalue weighted by atomic mass is 16.1. The van der Waals surface area contributed by atoms with Crippen LogP contribution in [0.1, 0.15) is 25.8 Å². The van der Waals surface area contributed by atoms with Gasteiger partial charge in [0.2, 0.25) is 5.91 Å². The van der Waals surface area contributed by atoms with Crippen molar-refractivity contribution >= 4 is 5.91 Å². The highest BCUT2D eigenvalue weighted by Gasteiger charge is 2.20. The Kier molecular flexibility index (Phi) is 5.73. The molecule has 0 aliphatic rings. The van der Waals surface area contributed by atoms with Crippen LogP contribution in [0.15, 0.2) is 54.6 Å². The summed E-state index contributed by atoms with van der Waals surface area (Å²) < 4.78 is 0. The number of hydrogen-bond donors (Lipinski definition) is 2. The van der Waals surface area contributed by atoms with Crippen LogP contribution in [0.3, 0.4) is 0 Å². The lowest BCUT2D eigenvalue weighted by atomic mass is 9.98. The van der Waals surface area contributed by atoms with Crippen LogP contribution in [0.4, 0.5) is 0 Å². The van der Waals surface area contributed by atoms with Gasteiger partial charge < -0.3 is 11.1 Å². The van der Waals surface area contributed by atoms with Crippen molar-refractivity contribution in [2.45, 2.75) is 32.9 Å². The average Bonchev–Trinajstić information content (AvgIpc) is 2.56. The first-order valence-corrected chi connectivity index (χ1v) is 7.79. The molecular formula is C19H24N2O. The summed E-state index contributed by atoms with van der Waals surface area (Å²) in [5.74, 6) is -0.0450. The minimum absolute atomic E-state index is 0.237. The molecule has 0 spiro atoms. The van der Waals surface area contributed by atoms with E-state index >= 15 is 0 Å². The van der Waals surface area contributed by atoms with Gasteiger partial charge in [0.25, 0.3) is 0 Å². The zero-order chi connectivity index (χ0) is 15.9. The molecule has 3 N–H and O–H groups in total. The lowest BCUT2D eigenvalue weighted by Crippen LogP contribution is -2.45. The Morgan fingerprint density at radius 2 is 1.64 bits per heavy atom. The third-order valence-corrected chi connectivity index (χ3v) is 4.11. The third kappa shape index (κ3) is 4.18. The Labute approximate surface area is 132 Å². The fourth-order valence-corrected chi connectivity index (χ4v) is 2.49. The van der Waals surface area contributed by atoms with E-state index in [0.29, 0.717) is 6.54 Å². The highest BCUT2D eigenvalue weighted by Crippen LogP contribution is 2.19. The summed E-state index contributed by atoms with van der Waals surface area (Å²) in [5.41, 5.74) is 9.02. The fourth-order valence-electron chi connectivity index (χ4n) is 2.49. The molecule has 1 amide bonds. The summed E-state index contributed by atoms with van der Waals surface area (Å²) >= 11 is 0. The maximum absolute atomic E-state index is 11.5. The van der Waals surface area contributed by atoms with Crippen molar-refractivity contribution in [3.8, 4) is 11.1 Å². The smallest absolute Gasteiger partial charge is 0.234 e. The SMILES string of the molecule is CCC(C)C(NCc1ccc(-c2ccccc2)cc1)C(N)=O. The molecule has 0 aromatic heterocycles. The van der Waals surface area contributed by atoms with Crippen molar-refractivity contribution in [1.82, 2.24) is 5.32 Å². The number of primary amides is 1. The van der Waals surface area contributed by atoms with Gasteiger partial charge in [-0.1, -0.05) is 74.9 Å². The summed E-state index contributed by atoms with van der Waals surface area (Å²) in [7, 11) is 0. The minimum Gasteiger partial charge on any atom is -0.368 e. The number of carbonyl (C=O) groups excluding carboxylic acids is 1. The third-order valence-electron chi connectivity index (χ3n) is 4.11. The number of nitrogens with two attached hydrogens (primary N) is 1. The zero-order valence-corrected chi connectivity index (χ0v) is 13.3. The number of hydrogen-bond acceptors (Lipinski definition) is 2. The summed E-state index contributed by atoms with van der Waals surface area (Å²) in [5, 5.41) is 3.27. The van der Waals surface area contributed by atoms with Gasteiger partial charge in [-0.05, 0) is 22.6 Å². The topological polar surface area (TPSA) is 55.1 Å². The van der Waals surface area contributed by atoms with E-state index in [-0.39, 0.29) is 17.9 Å². The van der Waals surface area contributed by atoms with Crippen LogP contribution in [0.5, 0.6) is 0 Å². The molecule has 3 nitrogen and oxygen atoms in total. The maximum Gasteiger partial charge on any atom is 0.234 e. The number of nitrogens with one attached hydrogen (secondary N) is 1. The molecule has 0 aliphatic carbocycles. The molecule has 3 heteroatoms. The van der Waals surface area contributed by atoms with Crippen molar-refractivity contribution in [2.24, 2.45) is 11.7 Å². The van der Waals surface area contributed by atoms with Crippen molar-refractivity contribution in [1.29, 1.82) is 0 Å². The molecule has 116 valence electrons. The highest BCUT2D eigenvalue weighted by molar-refractivity contribution is 5.80. The lowest BCUT2D eigenvalue weighted by Gasteiger charge is -2.21. The largest absolute Gasteiger partial charge is 0.368 e. The van der Waals surface area contributed by atoms with Crippen LogP contribution in [-0.2, 0) is 11.3 Å². The van der Waals surface area contributed by atoms with Gasteiger partial charge in [-0.15, -0.1) is 0 Å². The first kappa shape index (κ1) is 16.2. The summed E-state index contributed by atoms with van der Waals surface area (Å²) in [4.78, 5) is 11.5. The Balaban J connectivity index is 2.01. The first-order chi connectivity index (χ1) is 10.6. The van der Waals surface area contributed by atoms with E-state index in [1.807, 2.05) is 25.1 Å². The molecule has 0 saturated carbocycles. The van der Waals surface area contributed by atoms with Crippen molar-refractivity contribution in [3.05, 3.63) is 60.2 Å². The second-order valence-corrected chi connectivity index (χ2v) is 5.71. The van der Waals surface area contributed by atoms with Gasteiger partial charge in [0.1, 0.15) is 0 Å². The van der Waals surface area contributed by atoms with Crippen LogP contribution >= 0.6 is 0 Å². The van der Waals surface area contributed by atoms with Crippen LogP contribution in [0, 0.1) is 5.92 Å². The first-order valence-electron chi connectivity index (χ1n) is 7.79. The Morgan fingerprint density at radius 3 is 2.18 bits per heavy atom. The van der Waals surface area contributed by atoms with E-state index in [1.165, 1.54) is 11.1 Å². The monoisotopic (exact) mass is 296 g/mol. The Bertz CT molecular complexity index is 593. The molecule has 2 atom stereocenters. The quantitative estimate of drug-likeness (QED) is 0.823. The summed E-state index contributed by atoms with van der Waals surface area (Å²) in [6, 6.07) is 18.4. The molecule has 2 aromatic rings. The minimum atomic E-state index is -0.282. The van der Waals surface area contributed by atoms with Crippen molar-refractivity contribution in [3.63, 3.8) is 0 Å². The normalized spacial score (nSPS) is 13.5. The van der Waals surface area contributed by atoms with Crippen LogP contribution in [0.25, 0.3) is 11.1 Å². The van der Waals surface area contributed by atoms with E-state index in [0.717, 1.165) is 12.0 Å². The predicted molar refractivity (Wildman–Crippen MR) is 91.2 cm³/mol. The molecule has 2 rings (SSSR count). The van der Waals surface area contributed by atoms with Crippen LogP contribution in [-0.4, -0.2) is 11.9 Å². The molecule has 2 unspecified atom stereocenters. The van der Waals surface area contributed by atoms with Crippen LogP contribution < -0.4 is 11.1 Å². The lowest BCUT2D eigenvalue weighted by molar-refractivity contribution is -0.121. The van der Waals surface area contributed by atoms with Crippen molar-refractivity contribution < 1.29 is 4.79 Å². The van der Waals surface area contributed by atoms with Gasteiger partial charge in [-0.2, -0.15) is 0 Å². The van der Waals surface area contributed by atoms with E-state index in [1.54, 1.807) is 0 Å². The standard InChI is InChI=1S/C19H24N2O/c1-3-14(2)18(19(20)22)21-13-15-9-11-17(12-10-15)16-7-5-4-6-8-16/h4-12,14,18,21H,3,13H2,1-2H3,(H2,20,22). The molecular weight excluding hydrogens is 272 g/mol. The summed E-state index contributed by atoms with van der Waals surface area (Å²) in [6.45, 7) is 4.75. The number of carbonyl (C=O) groups is 1. The van der Waals surface area contributed by atoms with Gasteiger partial charge in [0, 0.05) is 6.54 Å². The van der Waals surface area contributed by atoms with E-state index in [9.17, 15) is 4.79 Å². The average molecular weight is 296 g/mol. The fraction of sp³-hybridized carbons (Fsp3) is 0.316. The number of rotatable bonds is 7. The summed E-state index contributed by atoms with van der Waals surface area (Å²) in [6.07, 6.45) is 0.924. The zero-order valence-electron chi connectivity index (χ0n) is 13.3. The molecule has 0 bridgehead atoms. The Hall–Kier alpha value is -2.13. The second kappa shape index (κ2) is 7.76. The number of benzene rings is 2. The van der Waals surface area contributed by atoms with Crippen LogP contribution in [0.2, 0.25) is 0 Å². The molecule has 0 radical (unpaired) electrons. The van der Waals surface area contributed by atoms with Gasteiger partial charge in [0.05, 0.1) is 6.04 Å². The predicted octanol–water partition coefficient (Wildman–Crippen LogP) is 3.34. The van der Waals surface area contributed by atoms with E-state index in [4.69, 9.17) is 5.73 Å². The molecule has 22 heavy (non-hydrogen) atoms.